The van der Waals surface area contributed by atoms with Crippen molar-refractivity contribution in [2.75, 3.05) is 19.3 Å². The van der Waals surface area contributed by atoms with Crippen LogP contribution in [0.5, 0.6) is 0 Å². The molecule has 0 spiro atoms. The molecule has 23 heavy (non-hydrogen) atoms. The highest BCUT2D eigenvalue weighted by Crippen LogP contribution is 2.21. The van der Waals surface area contributed by atoms with E-state index in [1.165, 1.54) is 0 Å². The summed E-state index contributed by atoms with van der Waals surface area (Å²) < 4.78 is 29.7. The minimum atomic E-state index is -3.20. The van der Waals surface area contributed by atoms with Crippen LogP contribution in [0.3, 0.4) is 0 Å². The molecule has 0 saturated heterocycles. The zero-order valence-electron chi connectivity index (χ0n) is 13.0. The number of hydrogen-bond donors (Lipinski definition) is 2. The quantitative estimate of drug-likeness (QED) is 0.742. The van der Waals surface area contributed by atoms with Crippen LogP contribution >= 0.6 is 0 Å². The normalized spacial score (nSPS) is 11.4. The molecule has 124 valence electrons. The molecule has 7 nitrogen and oxygen atoms in total. The summed E-state index contributed by atoms with van der Waals surface area (Å²) in [7, 11) is -3.20. The molecular weight excluding hydrogens is 318 g/mol. The first kappa shape index (κ1) is 17.2. The number of sulfonamides is 1. The fourth-order valence-corrected chi connectivity index (χ4v) is 2.46. The van der Waals surface area contributed by atoms with Crippen molar-refractivity contribution >= 4 is 15.9 Å². The van der Waals surface area contributed by atoms with Crippen molar-refractivity contribution in [1.29, 1.82) is 0 Å². The molecule has 2 rings (SSSR count). The molecule has 0 aliphatic carbocycles. The maximum absolute atomic E-state index is 12.1. The Balaban J connectivity index is 1.92. The minimum Gasteiger partial charge on any atom is -0.441 e. The molecule has 0 aliphatic heterocycles. The van der Waals surface area contributed by atoms with Gasteiger partial charge in [-0.05, 0) is 25.5 Å². The molecule has 2 aromatic rings. The standard InChI is InChI=1S/C15H19N3O4S/c1-11-13(14(19)16-9-6-10-17-23(2,20)21)18-15(22-11)12-7-4-3-5-8-12/h3-5,7-8,17H,6,9-10H2,1-2H3,(H,16,19). The van der Waals surface area contributed by atoms with Gasteiger partial charge in [0, 0.05) is 18.7 Å². The Morgan fingerprint density at radius 1 is 1.22 bits per heavy atom. The molecule has 2 N–H and O–H groups in total. The van der Waals surface area contributed by atoms with Crippen molar-refractivity contribution in [1.82, 2.24) is 15.0 Å². The first-order valence-electron chi connectivity index (χ1n) is 7.12. The van der Waals surface area contributed by atoms with Gasteiger partial charge in [0.25, 0.3) is 5.91 Å². The number of aromatic nitrogens is 1. The number of hydrogen-bond acceptors (Lipinski definition) is 5. The maximum atomic E-state index is 12.1. The van der Waals surface area contributed by atoms with Crippen LogP contribution < -0.4 is 10.0 Å². The molecule has 0 bridgehead atoms. The largest absolute Gasteiger partial charge is 0.441 e. The first-order valence-corrected chi connectivity index (χ1v) is 9.01. The van der Waals surface area contributed by atoms with Gasteiger partial charge < -0.3 is 9.73 Å². The SMILES string of the molecule is Cc1oc(-c2ccccc2)nc1C(=O)NCCCNS(C)(=O)=O. The molecular formula is C15H19N3O4S. The Bertz CT molecular complexity index is 769. The van der Waals surface area contributed by atoms with Crippen LogP contribution in [0.2, 0.25) is 0 Å². The van der Waals surface area contributed by atoms with E-state index in [-0.39, 0.29) is 18.1 Å². The van der Waals surface area contributed by atoms with Crippen LogP contribution in [-0.4, -0.2) is 38.7 Å². The minimum absolute atomic E-state index is 0.236. The Labute approximate surface area is 135 Å². The van der Waals surface area contributed by atoms with Gasteiger partial charge in [0.2, 0.25) is 15.9 Å². The average molecular weight is 337 g/mol. The van der Waals surface area contributed by atoms with Gasteiger partial charge >= 0.3 is 0 Å². The molecule has 0 aliphatic rings. The number of oxazole rings is 1. The smallest absolute Gasteiger partial charge is 0.273 e. The number of amides is 1. The molecule has 0 saturated carbocycles. The number of carbonyl (C=O) groups is 1. The van der Waals surface area contributed by atoms with Crippen molar-refractivity contribution < 1.29 is 17.6 Å². The Hall–Kier alpha value is -2.19. The summed E-state index contributed by atoms with van der Waals surface area (Å²) in [6.45, 7) is 2.29. The number of benzene rings is 1. The van der Waals surface area contributed by atoms with Gasteiger partial charge in [0.05, 0.1) is 6.26 Å². The molecule has 1 heterocycles. The van der Waals surface area contributed by atoms with Crippen LogP contribution in [0, 0.1) is 6.92 Å². The summed E-state index contributed by atoms with van der Waals surface area (Å²) in [5.74, 6) is 0.496. The van der Waals surface area contributed by atoms with Crippen molar-refractivity contribution in [3.8, 4) is 11.5 Å². The van der Waals surface area contributed by atoms with Gasteiger partial charge in [-0.3, -0.25) is 4.79 Å². The molecule has 0 radical (unpaired) electrons. The van der Waals surface area contributed by atoms with Gasteiger partial charge in [0.1, 0.15) is 5.76 Å². The van der Waals surface area contributed by atoms with Crippen LogP contribution in [0.4, 0.5) is 0 Å². The summed E-state index contributed by atoms with van der Waals surface area (Å²) in [5, 5.41) is 2.69. The molecule has 1 aromatic heterocycles. The van der Waals surface area contributed by atoms with E-state index < -0.39 is 10.0 Å². The Morgan fingerprint density at radius 2 is 1.91 bits per heavy atom. The highest BCUT2D eigenvalue weighted by molar-refractivity contribution is 7.88. The predicted octanol–water partition coefficient (Wildman–Crippen LogP) is 1.32. The first-order chi connectivity index (χ1) is 10.9. The molecule has 0 unspecified atom stereocenters. The zero-order valence-corrected chi connectivity index (χ0v) is 13.8. The predicted molar refractivity (Wildman–Crippen MR) is 86.5 cm³/mol. The summed E-state index contributed by atoms with van der Waals surface area (Å²) in [4.78, 5) is 16.3. The third kappa shape index (κ3) is 5.19. The van der Waals surface area contributed by atoms with E-state index >= 15 is 0 Å². The third-order valence-corrected chi connectivity index (χ3v) is 3.76. The molecule has 0 atom stereocenters. The van der Waals surface area contributed by atoms with Gasteiger partial charge in [-0.1, -0.05) is 18.2 Å². The second-order valence-corrected chi connectivity index (χ2v) is 6.90. The highest BCUT2D eigenvalue weighted by Gasteiger charge is 2.17. The van der Waals surface area contributed by atoms with E-state index in [4.69, 9.17) is 4.42 Å². The Morgan fingerprint density at radius 3 is 2.57 bits per heavy atom. The topological polar surface area (TPSA) is 101 Å². The van der Waals surface area contributed by atoms with Gasteiger partial charge in [-0.25, -0.2) is 18.1 Å². The molecule has 1 aromatic carbocycles. The molecule has 8 heteroatoms. The van der Waals surface area contributed by atoms with Crippen LogP contribution in [0.25, 0.3) is 11.5 Å². The maximum Gasteiger partial charge on any atom is 0.273 e. The highest BCUT2D eigenvalue weighted by atomic mass is 32.2. The van der Waals surface area contributed by atoms with Crippen LogP contribution in [0.1, 0.15) is 22.7 Å². The molecule has 1 amide bonds. The fraction of sp³-hybridized carbons (Fsp3) is 0.333. The van der Waals surface area contributed by atoms with E-state index in [1.807, 2.05) is 30.3 Å². The van der Waals surface area contributed by atoms with Gasteiger partial charge in [-0.15, -0.1) is 0 Å². The van der Waals surface area contributed by atoms with E-state index in [0.717, 1.165) is 11.8 Å². The third-order valence-electron chi connectivity index (χ3n) is 3.04. The second kappa shape index (κ2) is 7.38. The van der Waals surface area contributed by atoms with Gasteiger partial charge in [-0.2, -0.15) is 0 Å². The Kier molecular flexibility index (Phi) is 5.51. The van der Waals surface area contributed by atoms with Crippen LogP contribution in [0.15, 0.2) is 34.7 Å². The fourth-order valence-electron chi connectivity index (χ4n) is 1.94. The van der Waals surface area contributed by atoms with E-state index in [9.17, 15) is 13.2 Å². The average Bonchev–Trinajstić information content (AvgIpc) is 2.88. The lowest BCUT2D eigenvalue weighted by Gasteiger charge is -2.04. The lowest BCUT2D eigenvalue weighted by atomic mass is 10.2. The summed E-state index contributed by atoms with van der Waals surface area (Å²) in [5.41, 5.74) is 1.03. The number of nitrogens with one attached hydrogen (secondary N) is 2. The van der Waals surface area contributed by atoms with Gasteiger partial charge in [0.15, 0.2) is 5.69 Å². The lowest BCUT2D eigenvalue weighted by Crippen LogP contribution is -2.29. The number of rotatable bonds is 7. The number of carbonyl (C=O) groups excluding carboxylic acids is 1. The van der Waals surface area contributed by atoms with Crippen LogP contribution in [-0.2, 0) is 10.0 Å². The summed E-state index contributed by atoms with van der Waals surface area (Å²) in [6.07, 6.45) is 1.58. The zero-order chi connectivity index (χ0) is 16.9. The van der Waals surface area contributed by atoms with Crippen molar-refractivity contribution in [2.45, 2.75) is 13.3 Å². The lowest BCUT2D eigenvalue weighted by molar-refractivity contribution is 0.0947. The van der Waals surface area contributed by atoms with E-state index in [2.05, 4.69) is 15.0 Å². The molecule has 0 fully saturated rings. The van der Waals surface area contributed by atoms with Crippen molar-refractivity contribution in [3.63, 3.8) is 0 Å². The van der Waals surface area contributed by atoms with E-state index in [1.54, 1.807) is 6.92 Å². The monoisotopic (exact) mass is 337 g/mol. The summed E-state index contributed by atoms with van der Waals surface area (Å²) in [6, 6.07) is 9.32. The van der Waals surface area contributed by atoms with E-state index in [0.29, 0.717) is 24.6 Å². The van der Waals surface area contributed by atoms with Crippen molar-refractivity contribution in [3.05, 3.63) is 41.8 Å². The number of nitrogens with zero attached hydrogens (tertiary/aromatic N) is 1. The summed E-state index contributed by atoms with van der Waals surface area (Å²) >= 11 is 0. The van der Waals surface area contributed by atoms with Crippen molar-refractivity contribution in [2.24, 2.45) is 0 Å². The number of aryl methyl sites for hydroxylation is 1. The second-order valence-electron chi connectivity index (χ2n) is 5.07.